The fraction of sp³-hybridized carbons (Fsp3) is 0.417. The van der Waals surface area contributed by atoms with E-state index in [9.17, 15) is 4.79 Å². The lowest BCUT2D eigenvalue weighted by atomic mass is 9.74. The molecule has 0 radical (unpaired) electrons. The van der Waals surface area contributed by atoms with Crippen LogP contribution in [-0.2, 0) is 16.7 Å². The molecule has 1 aliphatic rings. The quantitative estimate of drug-likeness (QED) is 0.531. The Labute approximate surface area is 189 Å². The molecule has 166 valence electrons. The van der Waals surface area contributed by atoms with Gasteiger partial charge in [0.2, 0.25) is 0 Å². The summed E-state index contributed by atoms with van der Waals surface area (Å²) in [6, 6.07) is 15.7. The first-order chi connectivity index (χ1) is 14.9. The third-order valence-corrected chi connectivity index (χ3v) is 6.01. The molecule has 0 saturated carbocycles. The van der Waals surface area contributed by atoms with Crippen molar-refractivity contribution in [1.29, 1.82) is 0 Å². The van der Waals surface area contributed by atoms with E-state index in [-0.39, 0.29) is 11.3 Å². The van der Waals surface area contributed by atoms with Crippen LogP contribution in [0.15, 0.2) is 53.5 Å². The van der Waals surface area contributed by atoms with E-state index in [0.29, 0.717) is 12.1 Å². The average Bonchev–Trinajstić information content (AvgIpc) is 2.79. The minimum atomic E-state index is -0.0467. The molecule has 2 N–H and O–H groups in total. The van der Waals surface area contributed by atoms with Crippen LogP contribution in [0.25, 0.3) is 0 Å². The van der Waals surface area contributed by atoms with Gasteiger partial charge in [-0.2, -0.15) is 0 Å². The van der Waals surface area contributed by atoms with Crippen molar-refractivity contribution in [3.8, 4) is 0 Å². The summed E-state index contributed by atoms with van der Waals surface area (Å²) in [5, 5.41) is 7.61. The van der Waals surface area contributed by atoms with Crippen molar-refractivity contribution in [2.24, 2.45) is 4.99 Å². The molecule has 0 bridgehead atoms. The summed E-state index contributed by atoms with van der Waals surface area (Å²) in [4.78, 5) is 18.0. The number of nitrogens with one attached hydrogen (secondary N) is 2. The molecule has 0 aromatic heterocycles. The number of hydrogen-bond donors (Lipinski definition) is 2. The molecule has 1 aliphatic heterocycles. The summed E-state index contributed by atoms with van der Waals surface area (Å²) in [5.41, 5.74) is 2.94. The number of guanidine groups is 1. The van der Waals surface area contributed by atoms with Crippen LogP contribution in [-0.4, -0.2) is 57.7 Å². The topological polar surface area (TPSA) is 66.0 Å². The summed E-state index contributed by atoms with van der Waals surface area (Å²) in [6.45, 7) is 2.83. The fourth-order valence-corrected chi connectivity index (χ4v) is 4.02. The number of carbonyl (C=O) groups excluding carboxylic acids is 1. The lowest BCUT2D eigenvalue weighted by Crippen LogP contribution is -2.47. The largest absolute Gasteiger partial charge is 0.381 e. The second-order valence-electron chi connectivity index (χ2n) is 8.08. The van der Waals surface area contributed by atoms with Crippen LogP contribution in [0, 0.1) is 0 Å². The molecule has 6 nitrogen and oxygen atoms in total. The van der Waals surface area contributed by atoms with Crippen molar-refractivity contribution >= 4 is 23.5 Å². The molecule has 2 aromatic rings. The highest BCUT2D eigenvalue weighted by atomic mass is 35.5. The van der Waals surface area contributed by atoms with Gasteiger partial charge in [0, 0.05) is 63.4 Å². The van der Waals surface area contributed by atoms with Crippen LogP contribution in [0.4, 0.5) is 0 Å². The molecular weight excluding hydrogens is 412 g/mol. The molecule has 1 amide bonds. The molecule has 3 rings (SSSR count). The van der Waals surface area contributed by atoms with Crippen LogP contribution in [0.3, 0.4) is 0 Å². The van der Waals surface area contributed by atoms with E-state index in [0.717, 1.165) is 49.1 Å². The zero-order chi connectivity index (χ0) is 22.3. The normalized spacial score (nSPS) is 15.9. The van der Waals surface area contributed by atoms with Crippen molar-refractivity contribution in [3.05, 3.63) is 70.2 Å². The highest BCUT2D eigenvalue weighted by molar-refractivity contribution is 6.30. The Morgan fingerprint density at radius 2 is 1.84 bits per heavy atom. The van der Waals surface area contributed by atoms with Gasteiger partial charge in [-0.25, -0.2) is 0 Å². The van der Waals surface area contributed by atoms with Gasteiger partial charge in [-0.05, 0) is 48.2 Å². The molecule has 2 aromatic carbocycles. The molecule has 0 spiro atoms. The number of carbonyl (C=O) groups is 1. The number of aliphatic imine (C=N–C) groups is 1. The molecular formula is C24H31ClN4O2. The van der Waals surface area contributed by atoms with Crippen molar-refractivity contribution in [2.45, 2.75) is 24.8 Å². The van der Waals surface area contributed by atoms with E-state index in [4.69, 9.17) is 16.3 Å². The van der Waals surface area contributed by atoms with Gasteiger partial charge in [0.1, 0.15) is 0 Å². The summed E-state index contributed by atoms with van der Waals surface area (Å²) < 4.78 is 5.62. The summed E-state index contributed by atoms with van der Waals surface area (Å²) >= 11 is 6.27. The van der Waals surface area contributed by atoms with Gasteiger partial charge in [-0.3, -0.25) is 9.79 Å². The van der Waals surface area contributed by atoms with E-state index in [1.165, 1.54) is 5.56 Å². The molecule has 0 atom stereocenters. The predicted octanol–water partition coefficient (Wildman–Crippen LogP) is 3.46. The lowest BCUT2D eigenvalue weighted by molar-refractivity contribution is 0.0514. The Morgan fingerprint density at radius 3 is 2.45 bits per heavy atom. The zero-order valence-electron chi connectivity index (χ0n) is 18.5. The van der Waals surface area contributed by atoms with Gasteiger partial charge in [0.15, 0.2) is 5.96 Å². The Balaban J connectivity index is 1.62. The van der Waals surface area contributed by atoms with E-state index >= 15 is 0 Å². The van der Waals surface area contributed by atoms with E-state index in [2.05, 4.69) is 27.8 Å². The SMILES string of the molecule is CN=C(NCc1ccc(C(=O)N(C)C)cc1)NCC1(c2cccc(Cl)c2)CCOCC1. The molecule has 7 heteroatoms. The third-order valence-electron chi connectivity index (χ3n) is 5.77. The maximum atomic E-state index is 12.0. The van der Waals surface area contributed by atoms with Gasteiger partial charge >= 0.3 is 0 Å². The smallest absolute Gasteiger partial charge is 0.253 e. The van der Waals surface area contributed by atoms with Gasteiger partial charge in [-0.15, -0.1) is 0 Å². The number of amides is 1. The van der Waals surface area contributed by atoms with Gasteiger partial charge in [-0.1, -0.05) is 35.9 Å². The highest BCUT2D eigenvalue weighted by Crippen LogP contribution is 2.35. The lowest BCUT2D eigenvalue weighted by Gasteiger charge is -2.38. The van der Waals surface area contributed by atoms with E-state index in [1.54, 1.807) is 26.0 Å². The maximum absolute atomic E-state index is 12.0. The first-order valence-electron chi connectivity index (χ1n) is 10.5. The Morgan fingerprint density at radius 1 is 1.13 bits per heavy atom. The minimum Gasteiger partial charge on any atom is -0.381 e. The third kappa shape index (κ3) is 5.99. The van der Waals surface area contributed by atoms with E-state index in [1.807, 2.05) is 36.4 Å². The first kappa shape index (κ1) is 23.1. The minimum absolute atomic E-state index is 0.000222. The fourth-order valence-electron chi connectivity index (χ4n) is 3.83. The van der Waals surface area contributed by atoms with Gasteiger partial charge in [0.05, 0.1) is 0 Å². The summed E-state index contributed by atoms with van der Waals surface area (Å²) in [7, 11) is 5.27. The Bertz CT molecular complexity index is 906. The number of rotatable bonds is 6. The molecule has 1 saturated heterocycles. The van der Waals surface area contributed by atoms with Gasteiger partial charge in [0.25, 0.3) is 5.91 Å². The van der Waals surface area contributed by atoms with E-state index < -0.39 is 0 Å². The predicted molar refractivity (Wildman–Crippen MR) is 126 cm³/mol. The van der Waals surface area contributed by atoms with Crippen molar-refractivity contribution in [2.75, 3.05) is 40.9 Å². The molecule has 31 heavy (non-hydrogen) atoms. The van der Waals surface area contributed by atoms with Crippen molar-refractivity contribution in [3.63, 3.8) is 0 Å². The molecule has 1 heterocycles. The zero-order valence-corrected chi connectivity index (χ0v) is 19.2. The Hall–Kier alpha value is -2.57. The van der Waals surface area contributed by atoms with Crippen molar-refractivity contribution < 1.29 is 9.53 Å². The number of halogens is 1. The molecule has 0 aliphatic carbocycles. The standard InChI is InChI=1S/C24H31ClN4O2/c1-26-23(27-16-18-7-9-19(10-8-18)22(30)29(2)3)28-17-24(11-13-31-14-12-24)20-5-4-6-21(25)15-20/h4-10,15H,11-14,16-17H2,1-3H3,(H2,26,27,28). The maximum Gasteiger partial charge on any atom is 0.253 e. The van der Waals surface area contributed by atoms with Gasteiger partial charge < -0.3 is 20.3 Å². The number of hydrogen-bond acceptors (Lipinski definition) is 3. The van der Waals surface area contributed by atoms with Crippen LogP contribution in [0.5, 0.6) is 0 Å². The number of ether oxygens (including phenoxy) is 1. The molecule has 0 unspecified atom stereocenters. The monoisotopic (exact) mass is 442 g/mol. The average molecular weight is 443 g/mol. The number of nitrogens with zero attached hydrogens (tertiary/aromatic N) is 2. The van der Waals surface area contributed by atoms with Crippen LogP contribution in [0.2, 0.25) is 5.02 Å². The number of benzene rings is 2. The van der Waals surface area contributed by atoms with Crippen LogP contribution in [0.1, 0.15) is 34.3 Å². The molecule has 1 fully saturated rings. The second-order valence-corrected chi connectivity index (χ2v) is 8.52. The second kappa shape index (κ2) is 10.6. The van der Waals surface area contributed by atoms with Crippen molar-refractivity contribution in [1.82, 2.24) is 15.5 Å². The Kier molecular flexibility index (Phi) is 7.93. The highest BCUT2D eigenvalue weighted by Gasteiger charge is 2.34. The van der Waals surface area contributed by atoms with Crippen LogP contribution >= 0.6 is 11.6 Å². The summed E-state index contributed by atoms with van der Waals surface area (Å²) in [5.74, 6) is 0.737. The summed E-state index contributed by atoms with van der Waals surface area (Å²) in [6.07, 6.45) is 1.86. The van der Waals surface area contributed by atoms with Crippen LogP contribution < -0.4 is 10.6 Å². The first-order valence-corrected chi connectivity index (χ1v) is 10.9.